The van der Waals surface area contributed by atoms with E-state index in [4.69, 9.17) is 29.6 Å². The van der Waals surface area contributed by atoms with Gasteiger partial charge in [0.05, 0.1) is 0 Å². The van der Waals surface area contributed by atoms with Crippen LogP contribution in [-0.2, 0) is 0 Å². The molecule has 116 valence electrons. The number of anilines is 1. The summed E-state index contributed by atoms with van der Waals surface area (Å²) in [7, 11) is 0. The van der Waals surface area contributed by atoms with Crippen LogP contribution in [0.15, 0.2) is 18.2 Å². The van der Waals surface area contributed by atoms with E-state index in [2.05, 4.69) is 25.7 Å². The molecule has 1 fully saturated rings. The van der Waals surface area contributed by atoms with Gasteiger partial charge in [0.1, 0.15) is 4.99 Å². The average molecular weight is 325 g/mol. The van der Waals surface area contributed by atoms with E-state index >= 15 is 0 Å². The van der Waals surface area contributed by atoms with Crippen molar-refractivity contribution in [3.8, 4) is 0 Å². The first kappa shape index (κ1) is 16.6. The molecule has 1 saturated heterocycles. The van der Waals surface area contributed by atoms with Crippen molar-refractivity contribution in [3.63, 3.8) is 0 Å². The van der Waals surface area contributed by atoms with Crippen molar-refractivity contribution in [1.29, 1.82) is 0 Å². The molecule has 0 spiro atoms. The monoisotopic (exact) mass is 324 g/mol. The third-order valence-corrected chi connectivity index (χ3v) is 4.97. The van der Waals surface area contributed by atoms with Gasteiger partial charge in [-0.05, 0) is 48.8 Å². The summed E-state index contributed by atoms with van der Waals surface area (Å²) in [4.78, 5) is 2.84. The van der Waals surface area contributed by atoms with Gasteiger partial charge in [0.25, 0.3) is 0 Å². The van der Waals surface area contributed by atoms with Crippen molar-refractivity contribution >= 4 is 34.5 Å². The van der Waals surface area contributed by atoms with Crippen LogP contribution in [0, 0.1) is 11.3 Å². The quantitative estimate of drug-likeness (QED) is 0.804. The van der Waals surface area contributed by atoms with E-state index in [0.29, 0.717) is 10.4 Å². The van der Waals surface area contributed by atoms with Gasteiger partial charge in [0.15, 0.2) is 0 Å². The maximum absolute atomic E-state index is 6.17. The number of rotatable bonds is 2. The molecule has 1 aromatic carbocycles. The number of halogens is 1. The van der Waals surface area contributed by atoms with Crippen molar-refractivity contribution in [2.45, 2.75) is 40.0 Å². The molecule has 1 aromatic rings. The molecule has 2 N–H and O–H groups in total. The topological polar surface area (TPSA) is 29.3 Å². The normalized spacial score (nSPS) is 20.2. The Morgan fingerprint density at radius 1 is 1.29 bits per heavy atom. The predicted octanol–water partition coefficient (Wildman–Crippen LogP) is 4.63. The van der Waals surface area contributed by atoms with Gasteiger partial charge < -0.3 is 10.6 Å². The lowest BCUT2D eigenvalue weighted by Crippen LogP contribution is -2.28. The van der Waals surface area contributed by atoms with Crippen LogP contribution in [-0.4, -0.2) is 18.1 Å². The number of nitrogens with zero attached hydrogens (tertiary/aromatic N) is 1. The summed E-state index contributed by atoms with van der Waals surface area (Å²) in [6.45, 7) is 9.11. The first-order valence-corrected chi connectivity index (χ1v) is 8.42. The van der Waals surface area contributed by atoms with Crippen LogP contribution in [0.3, 0.4) is 0 Å². The Kier molecular flexibility index (Phi) is 5.15. The summed E-state index contributed by atoms with van der Waals surface area (Å²) in [5.74, 6) is 0.759. The van der Waals surface area contributed by atoms with Gasteiger partial charge in [-0.2, -0.15) is 0 Å². The van der Waals surface area contributed by atoms with Crippen LogP contribution in [0.2, 0.25) is 5.02 Å². The summed E-state index contributed by atoms with van der Waals surface area (Å²) in [6.07, 6.45) is 3.68. The molecule has 0 bridgehead atoms. The predicted molar refractivity (Wildman–Crippen MR) is 96.3 cm³/mol. The highest BCUT2D eigenvalue weighted by molar-refractivity contribution is 7.80. The first-order valence-electron chi connectivity index (χ1n) is 7.63. The van der Waals surface area contributed by atoms with Gasteiger partial charge in [-0.3, -0.25) is 0 Å². The van der Waals surface area contributed by atoms with Crippen molar-refractivity contribution in [1.82, 2.24) is 0 Å². The van der Waals surface area contributed by atoms with Gasteiger partial charge >= 0.3 is 0 Å². The fraction of sp³-hybridized carbons (Fsp3) is 0.588. The summed E-state index contributed by atoms with van der Waals surface area (Å²) < 4.78 is 0. The van der Waals surface area contributed by atoms with E-state index < -0.39 is 0 Å². The number of hydrogen-bond acceptors (Lipinski definition) is 2. The van der Waals surface area contributed by atoms with Crippen molar-refractivity contribution in [2.75, 3.05) is 18.0 Å². The highest BCUT2D eigenvalue weighted by atomic mass is 35.5. The second kappa shape index (κ2) is 6.53. The van der Waals surface area contributed by atoms with Gasteiger partial charge in [0, 0.05) is 29.4 Å². The Morgan fingerprint density at radius 3 is 2.62 bits per heavy atom. The lowest BCUT2D eigenvalue weighted by molar-refractivity contribution is 0.220. The Hall–Kier alpha value is -0.800. The Labute approximate surface area is 138 Å². The SMILES string of the molecule is CC(C)(C)C1CCCN(c2cc(Cl)ccc2C(N)=S)CC1. The molecule has 2 rings (SSSR count). The van der Waals surface area contributed by atoms with Crippen LogP contribution < -0.4 is 10.6 Å². The van der Waals surface area contributed by atoms with E-state index in [-0.39, 0.29) is 0 Å². The zero-order valence-electron chi connectivity index (χ0n) is 13.2. The molecule has 0 radical (unpaired) electrons. The van der Waals surface area contributed by atoms with E-state index in [1.165, 1.54) is 19.3 Å². The molecule has 0 aliphatic carbocycles. The molecule has 1 aliphatic rings. The summed E-state index contributed by atoms with van der Waals surface area (Å²) >= 11 is 11.4. The average Bonchev–Trinajstić information content (AvgIpc) is 2.63. The van der Waals surface area contributed by atoms with E-state index in [1.54, 1.807) is 0 Å². The number of hydrogen-bond donors (Lipinski definition) is 1. The standard InChI is InChI=1S/C17H25ClN2S/c1-17(2,3)12-5-4-9-20(10-8-12)15-11-13(18)6-7-14(15)16(19)21/h6-7,11-12H,4-5,8-10H2,1-3H3,(H2,19,21). The molecule has 21 heavy (non-hydrogen) atoms. The van der Waals surface area contributed by atoms with E-state index in [1.807, 2.05) is 18.2 Å². The third-order valence-electron chi connectivity index (χ3n) is 4.52. The molecule has 0 saturated carbocycles. The second-order valence-corrected chi connectivity index (χ2v) is 7.88. The fourth-order valence-corrected chi connectivity index (χ4v) is 3.52. The largest absolute Gasteiger partial charge is 0.389 e. The molecule has 1 aliphatic heterocycles. The number of benzene rings is 1. The van der Waals surface area contributed by atoms with Crippen molar-refractivity contribution < 1.29 is 0 Å². The molecule has 1 atom stereocenters. The molecule has 1 unspecified atom stereocenters. The summed E-state index contributed by atoms with van der Waals surface area (Å²) in [5.41, 5.74) is 8.26. The Morgan fingerprint density at radius 2 is 2.00 bits per heavy atom. The molecular weight excluding hydrogens is 300 g/mol. The highest BCUT2D eigenvalue weighted by Crippen LogP contribution is 2.36. The van der Waals surface area contributed by atoms with Gasteiger partial charge in [-0.25, -0.2) is 0 Å². The van der Waals surface area contributed by atoms with Crippen molar-refractivity contribution in [2.24, 2.45) is 17.1 Å². The molecular formula is C17H25ClN2S. The molecule has 4 heteroatoms. The smallest absolute Gasteiger partial charge is 0.106 e. The fourth-order valence-electron chi connectivity index (χ4n) is 3.18. The molecule has 0 amide bonds. The minimum atomic E-state index is 0.371. The highest BCUT2D eigenvalue weighted by Gasteiger charge is 2.27. The lowest BCUT2D eigenvalue weighted by Gasteiger charge is -2.30. The molecule has 2 nitrogen and oxygen atoms in total. The van der Waals surface area contributed by atoms with E-state index in [9.17, 15) is 0 Å². The minimum absolute atomic E-state index is 0.371. The molecule has 0 aromatic heterocycles. The van der Waals surface area contributed by atoms with Crippen LogP contribution in [0.1, 0.15) is 45.6 Å². The van der Waals surface area contributed by atoms with Gasteiger partial charge in [-0.15, -0.1) is 0 Å². The second-order valence-electron chi connectivity index (χ2n) is 7.01. The zero-order chi connectivity index (χ0) is 15.6. The lowest BCUT2D eigenvalue weighted by atomic mass is 9.77. The first-order chi connectivity index (χ1) is 9.79. The van der Waals surface area contributed by atoms with E-state index in [0.717, 1.165) is 35.3 Å². The Bertz CT molecular complexity index is 522. The van der Waals surface area contributed by atoms with Gasteiger partial charge in [0.2, 0.25) is 0 Å². The molecule has 1 heterocycles. The summed E-state index contributed by atoms with van der Waals surface area (Å²) in [6, 6.07) is 5.79. The number of nitrogens with two attached hydrogens (primary N) is 1. The zero-order valence-corrected chi connectivity index (χ0v) is 14.7. The maximum atomic E-state index is 6.17. The van der Waals surface area contributed by atoms with Crippen LogP contribution in [0.4, 0.5) is 5.69 Å². The third kappa shape index (κ3) is 4.10. The van der Waals surface area contributed by atoms with Crippen LogP contribution >= 0.6 is 23.8 Å². The summed E-state index contributed by atoms with van der Waals surface area (Å²) in [5, 5.41) is 0.738. The van der Waals surface area contributed by atoms with Gasteiger partial charge in [-0.1, -0.05) is 44.6 Å². The minimum Gasteiger partial charge on any atom is -0.389 e. The maximum Gasteiger partial charge on any atom is 0.106 e. The van der Waals surface area contributed by atoms with Crippen LogP contribution in [0.5, 0.6) is 0 Å². The van der Waals surface area contributed by atoms with Crippen molar-refractivity contribution in [3.05, 3.63) is 28.8 Å². The number of thiocarbonyl (C=S) groups is 1. The van der Waals surface area contributed by atoms with Crippen LogP contribution in [0.25, 0.3) is 0 Å². The Balaban J connectivity index is 2.23.